The fourth-order valence-electron chi connectivity index (χ4n) is 1.56. The quantitative estimate of drug-likeness (QED) is 0.632. The van der Waals surface area contributed by atoms with Gasteiger partial charge in [0.25, 0.3) is 0 Å². The van der Waals surface area contributed by atoms with Crippen molar-refractivity contribution in [3.05, 3.63) is 40.5 Å². The van der Waals surface area contributed by atoms with E-state index in [1.165, 1.54) is 10.7 Å². The van der Waals surface area contributed by atoms with Crippen LogP contribution in [0.4, 0.5) is 0 Å². The summed E-state index contributed by atoms with van der Waals surface area (Å²) < 4.78 is 1.46. The average Bonchev–Trinajstić information content (AvgIpc) is 2.97. The molecule has 0 saturated heterocycles. The molecule has 82 valence electrons. The predicted octanol–water partition coefficient (Wildman–Crippen LogP) is 2.98. The van der Waals surface area contributed by atoms with Gasteiger partial charge in [0.05, 0.1) is 16.8 Å². The second kappa shape index (κ2) is 3.84. The van der Waals surface area contributed by atoms with Crippen LogP contribution >= 0.6 is 22.9 Å². The Morgan fingerprint density at radius 3 is 3.06 bits per heavy atom. The monoisotopic (exact) mass is 260 g/mol. The fourth-order valence-corrected chi connectivity index (χ4v) is 2.47. The molecule has 17 heavy (non-hydrogen) atoms. The summed E-state index contributed by atoms with van der Waals surface area (Å²) in [5.41, 5.74) is 1.67. The van der Waals surface area contributed by atoms with Crippen molar-refractivity contribution in [1.82, 2.24) is 14.6 Å². The van der Waals surface area contributed by atoms with Crippen molar-refractivity contribution in [2.75, 3.05) is 0 Å². The van der Waals surface area contributed by atoms with Crippen LogP contribution in [0.2, 0.25) is 5.15 Å². The lowest BCUT2D eigenvalue weighted by atomic mass is 10.3. The Morgan fingerprint density at radius 1 is 1.47 bits per heavy atom. The normalized spacial score (nSPS) is 10.6. The van der Waals surface area contributed by atoms with Gasteiger partial charge in [0.2, 0.25) is 0 Å². The molecular formula is C11H5ClN4S. The smallest absolute Gasteiger partial charge is 0.175 e. The molecule has 0 fully saturated rings. The number of rotatable bonds is 1. The third kappa shape index (κ3) is 1.58. The highest BCUT2D eigenvalue weighted by atomic mass is 35.5. The third-order valence-corrected chi connectivity index (χ3v) is 3.48. The van der Waals surface area contributed by atoms with Crippen LogP contribution in [-0.2, 0) is 0 Å². The molecule has 0 N–H and O–H groups in total. The number of halogens is 1. The minimum Gasteiger partial charge on any atom is -0.226 e. The Kier molecular flexibility index (Phi) is 2.32. The molecule has 0 unspecified atom stereocenters. The van der Waals surface area contributed by atoms with E-state index in [9.17, 15) is 0 Å². The summed E-state index contributed by atoms with van der Waals surface area (Å²) >= 11 is 7.68. The number of fused-ring (bicyclic) bond motifs is 1. The maximum Gasteiger partial charge on any atom is 0.175 e. The van der Waals surface area contributed by atoms with Crippen LogP contribution < -0.4 is 0 Å². The first-order valence-corrected chi connectivity index (χ1v) is 6.03. The molecule has 4 nitrogen and oxygen atoms in total. The zero-order valence-electron chi connectivity index (χ0n) is 8.46. The number of nitriles is 1. The van der Waals surface area contributed by atoms with Gasteiger partial charge in [-0.2, -0.15) is 10.4 Å². The van der Waals surface area contributed by atoms with Crippen molar-refractivity contribution in [2.45, 2.75) is 0 Å². The molecular weight excluding hydrogens is 256 g/mol. The van der Waals surface area contributed by atoms with Gasteiger partial charge in [-0.15, -0.1) is 11.3 Å². The molecule has 3 aromatic rings. The number of hydrogen-bond acceptors (Lipinski definition) is 4. The van der Waals surface area contributed by atoms with Crippen LogP contribution in [0.15, 0.2) is 29.8 Å². The van der Waals surface area contributed by atoms with Crippen LogP contribution in [0.5, 0.6) is 0 Å². The standard InChI is InChI=1S/C11H5ClN4S/c12-10-4-8(9-2-1-3-17-9)15-11-7(5-13)6-14-16(10)11/h1-4,6H. The van der Waals surface area contributed by atoms with Gasteiger partial charge in [0, 0.05) is 6.07 Å². The Morgan fingerprint density at radius 2 is 2.35 bits per heavy atom. The zero-order valence-corrected chi connectivity index (χ0v) is 10.0. The minimum absolute atomic E-state index is 0.422. The molecule has 0 atom stereocenters. The summed E-state index contributed by atoms with van der Waals surface area (Å²) in [4.78, 5) is 5.43. The molecule has 0 radical (unpaired) electrons. The molecule has 0 spiro atoms. The largest absolute Gasteiger partial charge is 0.226 e. The molecule has 0 aliphatic heterocycles. The molecule has 3 aromatic heterocycles. The Hall–Kier alpha value is -1.90. The first-order chi connectivity index (χ1) is 8.29. The Labute approximate surface area is 106 Å². The van der Waals surface area contributed by atoms with Gasteiger partial charge in [-0.3, -0.25) is 0 Å². The number of hydrogen-bond donors (Lipinski definition) is 0. The Bertz CT molecular complexity index is 724. The van der Waals surface area contributed by atoms with Gasteiger partial charge in [-0.25, -0.2) is 9.50 Å². The third-order valence-electron chi connectivity index (χ3n) is 2.32. The van der Waals surface area contributed by atoms with Crippen LogP contribution in [-0.4, -0.2) is 14.6 Å². The molecule has 0 aromatic carbocycles. The van der Waals surface area contributed by atoms with Crippen LogP contribution in [0.25, 0.3) is 16.2 Å². The molecule has 0 aliphatic carbocycles. The first-order valence-electron chi connectivity index (χ1n) is 4.78. The highest BCUT2D eigenvalue weighted by molar-refractivity contribution is 7.13. The maximum atomic E-state index is 8.95. The highest BCUT2D eigenvalue weighted by Gasteiger charge is 2.11. The van der Waals surface area contributed by atoms with E-state index in [4.69, 9.17) is 16.9 Å². The SMILES string of the molecule is N#Cc1cnn2c(Cl)cc(-c3cccs3)nc12. The highest BCUT2D eigenvalue weighted by Crippen LogP contribution is 2.26. The van der Waals surface area contributed by atoms with E-state index in [-0.39, 0.29) is 0 Å². The number of aromatic nitrogens is 3. The zero-order chi connectivity index (χ0) is 11.8. The number of thiophene rings is 1. The predicted molar refractivity (Wildman–Crippen MR) is 66.0 cm³/mol. The second-order valence-electron chi connectivity index (χ2n) is 3.35. The van der Waals surface area contributed by atoms with Crippen LogP contribution in [0.3, 0.4) is 0 Å². The summed E-state index contributed by atoms with van der Waals surface area (Å²) in [7, 11) is 0. The molecule has 0 saturated carbocycles. The van der Waals surface area contributed by atoms with E-state index in [1.807, 2.05) is 23.6 Å². The summed E-state index contributed by atoms with van der Waals surface area (Å²) in [6.45, 7) is 0. The molecule has 0 aliphatic rings. The summed E-state index contributed by atoms with van der Waals surface area (Å²) in [5.74, 6) is 0. The van der Waals surface area contributed by atoms with Gasteiger partial charge in [-0.1, -0.05) is 17.7 Å². The second-order valence-corrected chi connectivity index (χ2v) is 4.68. The topological polar surface area (TPSA) is 54.0 Å². The summed E-state index contributed by atoms with van der Waals surface area (Å²) in [6.07, 6.45) is 1.46. The van der Waals surface area contributed by atoms with Crippen molar-refractivity contribution in [3.8, 4) is 16.6 Å². The van der Waals surface area contributed by atoms with E-state index in [0.29, 0.717) is 16.4 Å². The Balaban J connectivity index is 2.33. The molecule has 0 amide bonds. The van der Waals surface area contributed by atoms with Crippen molar-refractivity contribution >= 4 is 28.6 Å². The van der Waals surface area contributed by atoms with E-state index in [1.54, 1.807) is 17.4 Å². The summed E-state index contributed by atoms with van der Waals surface area (Å²) in [5, 5.41) is 15.4. The molecule has 6 heteroatoms. The van der Waals surface area contributed by atoms with Crippen LogP contribution in [0, 0.1) is 11.3 Å². The van der Waals surface area contributed by atoms with E-state index in [2.05, 4.69) is 10.1 Å². The van der Waals surface area contributed by atoms with Crippen molar-refractivity contribution in [2.24, 2.45) is 0 Å². The van der Waals surface area contributed by atoms with E-state index >= 15 is 0 Å². The van der Waals surface area contributed by atoms with Crippen molar-refractivity contribution < 1.29 is 0 Å². The summed E-state index contributed by atoms with van der Waals surface area (Å²) in [6, 6.07) is 7.70. The number of nitrogens with zero attached hydrogens (tertiary/aromatic N) is 4. The lowest BCUT2D eigenvalue weighted by Gasteiger charge is -2.01. The van der Waals surface area contributed by atoms with Gasteiger partial charge in [0.1, 0.15) is 16.8 Å². The van der Waals surface area contributed by atoms with Gasteiger partial charge >= 0.3 is 0 Å². The van der Waals surface area contributed by atoms with Crippen LogP contribution in [0.1, 0.15) is 5.56 Å². The first kappa shape index (κ1) is 10.3. The van der Waals surface area contributed by atoms with Gasteiger partial charge in [0.15, 0.2) is 5.65 Å². The van der Waals surface area contributed by atoms with E-state index in [0.717, 1.165) is 10.6 Å². The minimum atomic E-state index is 0.422. The maximum absolute atomic E-state index is 8.95. The van der Waals surface area contributed by atoms with Crippen molar-refractivity contribution in [3.63, 3.8) is 0 Å². The van der Waals surface area contributed by atoms with E-state index < -0.39 is 0 Å². The lowest BCUT2D eigenvalue weighted by molar-refractivity contribution is 0.942. The van der Waals surface area contributed by atoms with Gasteiger partial charge in [-0.05, 0) is 11.4 Å². The molecule has 0 bridgehead atoms. The molecule has 3 heterocycles. The lowest BCUT2D eigenvalue weighted by Crippen LogP contribution is -1.94. The molecule has 3 rings (SSSR count). The fraction of sp³-hybridized carbons (Fsp3) is 0. The van der Waals surface area contributed by atoms with Gasteiger partial charge < -0.3 is 0 Å². The average molecular weight is 261 g/mol. The van der Waals surface area contributed by atoms with Crippen molar-refractivity contribution in [1.29, 1.82) is 5.26 Å².